The molecule has 9 heteroatoms. The van der Waals surface area contributed by atoms with Gasteiger partial charge in [0.05, 0.1) is 6.61 Å². The maximum Gasteiger partial charge on any atom is 0.300 e. The first kappa shape index (κ1) is 27.7. The van der Waals surface area contributed by atoms with E-state index >= 15 is 0 Å². The Balaban J connectivity index is 2.20. The molecule has 0 radical (unpaired) electrons. The summed E-state index contributed by atoms with van der Waals surface area (Å²) < 4.78 is 90.4. The van der Waals surface area contributed by atoms with Crippen molar-refractivity contribution in [2.75, 3.05) is 6.61 Å². The predicted octanol–water partition coefficient (Wildman–Crippen LogP) is 7.35. The van der Waals surface area contributed by atoms with Gasteiger partial charge in [-0.25, -0.2) is 8.78 Å². The highest BCUT2D eigenvalue weighted by Crippen LogP contribution is 2.32. The van der Waals surface area contributed by atoms with Gasteiger partial charge in [0.15, 0.2) is 22.3 Å². The van der Waals surface area contributed by atoms with Crippen LogP contribution in [0, 0.1) is 23.3 Å². The van der Waals surface area contributed by atoms with Gasteiger partial charge in [-0.15, -0.1) is 0 Å². The molecular formula is C22H34F4O4S. The van der Waals surface area contributed by atoms with Crippen LogP contribution in [0.15, 0.2) is 4.90 Å². The molecule has 0 spiro atoms. The summed E-state index contributed by atoms with van der Waals surface area (Å²) in [4.78, 5) is -2.06. The van der Waals surface area contributed by atoms with E-state index < -0.39 is 44.0 Å². The summed E-state index contributed by atoms with van der Waals surface area (Å²) in [5, 5.41) is 0. The highest BCUT2D eigenvalue weighted by molar-refractivity contribution is 7.85. The van der Waals surface area contributed by atoms with Crippen molar-refractivity contribution in [3.8, 4) is 5.75 Å². The zero-order valence-electron chi connectivity index (χ0n) is 18.2. The molecule has 0 aliphatic heterocycles. The van der Waals surface area contributed by atoms with E-state index in [2.05, 4.69) is 6.92 Å². The van der Waals surface area contributed by atoms with Gasteiger partial charge in [0.1, 0.15) is 0 Å². The van der Waals surface area contributed by atoms with Crippen molar-refractivity contribution >= 4 is 10.1 Å². The van der Waals surface area contributed by atoms with Gasteiger partial charge in [-0.1, -0.05) is 90.4 Å². The Morgan fingerprint density at radius 2 is 1.00 bits per heavy atom. The third-order valence-corrected chi connectivity index (χ3v) is 6.06. The first-order valence-electron chi connectivity index (χ1n) is 11.2. The van der Waals surface area contributed by atoms with Crippen LogP contribution in [-0.2, 0) is 10.1 Å². The minimum absolute atomic E-state index is 0.171. The quantitative estimate of drug-likeness (QED) is 0.112. The summed E-state index contributed by atoms with van der Waals surface area (Å²) in [6.07, 6.45) is 15.8. The molecule has 0 saturated heterocycles. The minimum atomic E-state index is -5.46. The first-order chi connectivity index (χ1) is 14.7. The Morgan fingerprint density at radius 3 is 1.35 bits per heavy atom. The lowest BCUT2D eigenvalue weighted by molar-refractivity contribution is 0.258. The molecule has 0 unspecified atom stereocenters. The summed E-state index contributed by atoms with van der Waals surface area (Å²) in [7, 11) is -5.46. The molecule has 1 rings (SSSR count). The Kier molecular flexibility index (Phi) is 13.1. The lowest BCUT2D eigenvalue weighted by Crippen LogP contribution is -2.12. The standard InChI is InChI=1S/C22H34F4O4S/c1-2-3-4-5-6-7-8-9-10-11-12-13-14-15-16-30-21-17(23)19(25)22(31(27,28)29)20(26)18(21)24/h2-16H2,1H3,(H,27,28,29). The van der Waals surface area contributed by atoms with Gasteiger partial charge >= 0.3 is 10.1 Å². The predicted molar refractivity (Wildman–Crippen MR) is 112 cm³/mol. The van der Waals surface area contributed by atoms with Gasteiger partial charge in [0.2, 0.25) is 11.6 Å². The number of benzene rings is 1. The summed E-state index contributed by atoms with van der Waals surface area (Å²) >= 11 is 0. The normalized spacial score (nSPS) is 11.8. The lowest BCUT2D eigenvalue weighted by Gasteiger charge is -2.11. The first-order valence-corrected chi connectivity index (χ1v) is 12.6. The fourth-order valence-corrected chi connectivity index (χ4v) is 4.05. The molecule has 0 heterocycles. The number of ether oxygens (including phenoxy) is 1. The van der Waals surface area contributed by atoms with Gasteiger partial charge in [-0.2, -0.15) is 17.2 Å². The Hall–Kier alpha value is -1.35. The fourth-order valence-electron chi connectivity index (χ4n) is 3.42. The van der Waals surface area contributed by atoms with Crippen molar-refractivity contribution in [2.24, 2.45) is 0 Å². The third-order valence-electron chi connectivity index (χ3n) is 5.19. The van der Waals surface area contributed by atoms with E-state index in [1.54, 1.807) is 0 Å². The molecule has 1 aromatic carbocycles. The van der Waals surface area contributed by atoms with E-state index in [0.29, 0.717) is 6.42 Å². The molecule has 0 saturated carbocycles. The van der Waals surface area contributed by atoms with Crippen LogP contribution in [0.2, 0.25) is 0 Å². The summed E-state index contributed by atoms with van der Waals surface area (Å²) in [5.41, 5.74) is 0. The topological polar surface area (TPSA) is 63.6 Å². The highest BCUT2D eigenvalue weighted by Gasteiger charge is 2.33. The molecule has 1 aromatic rings. The van der Waals surface area contributed by atoms with Crippen LogP contribution in [0.4, 0.5) is 17.6 Å². The van der Waals surface area contributed by atoms with Gasteiger partial charge in [-0.05, 0) is 6.42 Å². The van der Waals surface area contributed by atoms with Crippen LogP contribution in [0.25, 0.3) is 0 Å². The van der Waals surface area contributed by atoms with E-state index in [1.807, 2.05) is 0 Å². The molecule has 31 heavy (non-hydrogen) atoms. The highest BCUT2D eigenvalue weighted by atomic mass is 32.2. The molecular weight excluding hydrogens is 436 g/mol. The second kappa shape index (κ2) is 14.7. The molecule has 0 aromatic heterocycles. The van der Waals surface area contributed by atoms with Crippen LogP contribution in [-0.4, -0.2) is 19.6 Å². The third kappa shape index (κ3) is 9.76. The zero-order valence-corrected chi connectivity index (χ0v) is 19.0. The molecule has 0 aliphatic carbocycles. The van der Waals surface area contributed by atoms with Crippen molar-refractivity contribution < 1.29 is 35.3 Å². The van der Waals surface area contributed by atoms with Crippen LogP contribution in [0.3, 0.4) is 0 Å². The van der Waals surface area contributed by atoms with Crippen LogP contribution >= 0.6 is 0 Å². The van der Waals surface area contributed by atoms with Gasteiger partial charge in [0, 0.05) is 0 Å². The number of halogens is 4. The van der Waals surface area contributed by atoms with Crippen molar-refractivity contribution in [1.29, 1.82) is 0 Å². The molecule has 0 atom stereocenters. The fraction of sp³-hybridized carbons (Fsp3) is 0.727. The summed E-state index contributed by atoms with van der Waals surface area (Å²) in [6.45, 7) is 2.04. The van der Waals surface area contributed by atoms with Crippen molar-refractivity contribution in [2.45, 2.75) is 102 Å². The van der Waals surface area contributed by atoms with Crippen molar-refractivity contribution in [3.63, 3.8) is 0 Å². The molecule has 0 aliphatic rings. The van der Waals surface area contributed by atoms with E-state index in [4.69, 9.17) is 9.29 Å². The number of hydrogen-bond donors (Lipinski definition) is 1. The van der Waals surface area contributed by atoms with Crippen LogP contribution in [0.1, 0.15) is 96.8 Å². The average molecular weight is 471 g/mol. The second-order valence-electron chi connectivity index (χ2n) is 7.83. The average Bonchev–Trinajstić information content (AvgIpc) is 2.70. The number of rotatable bonds is 17. The smallest absolute Gasteiger partial charge is 0.300 e. The summed E-state index contributed by atoms with van der Waals surface area (Å²) in [6, 6.07) is 0. The van der Waals surface area contributed by atoms with Crippen LogP contribution < -0.4 is 4.74 Å². The monoisotopic (exact) mass is 470 g/mol. The van der Waals surface area contributed by atoms with Crippen molar-refractivity contribution in [3.05, 3.63) is 23.3 Å². The van der Waals surface area contributed by atoms with Gasteiger partial charge < -0.3 is 4.74 Å². The Morgan fingerprint density at radius 1 is 0.645 bits per heavy atom. The Labute approximate surface area is 183 Å². The molecule has 4 nitrogen and oxygen atoms in total. The zero-order chi connectivity index (χ0) is 23.3. The SMILES string of the molecule is CCCCCCCCCCCCCCCCOc1c(F)c(F)c(S(=O)(=O)O)c(F)c1F. The van der Waals surface area contributed by atoms with E-state index in [1.165, 1.54) is 57.8 Å². The van der Waals surface area contributed by atoms with E-state index in [-0.39, 0.29) is 6.61 Å². The molecule has 1 N–H and O–H groups in total. The van der Waals surface area contributed by atoms with Gasteiger partial charge in [-0.3, -0.25) is 4.55 Å². The molecule has 0 fully saturated rings. The van der Waals surface area contributed by atoms with Crippen LogP contribution in [0.5, 0.6) is 5.75 Å². The minimum Gasteiger partial charge on any atom is -0.487 e. The Bertz CT molecular complexity index is 740. The van der Waals surface area contributed by atoms with Crippen molar-refractivity contribution in [1.82, 2.24) is 0 Å². The largest absolute Gasteiger partial charge is 0.487 e. The summed E-state index contributed by atoms with van der Waals surface area (Å²) in [5.74, 6) is -9.72. The van der Waals surface area contributed by atoms with E-state index in [9.17, 15) is 26.0 Å². The van der Waals surface area contributed by atoms with E-state index in [0.717, 1.165) is 25.7 Å². The number of unbranched alkanes of at least 4 members (excludes halogenated alkanes) is 13. The maximum atomic E-state index is 13.8. The maximum absolute atomic E-state index is 13.8. The molecule has 0 amide bonds. The molecule has 0 bridgehead atoms. The second-order valence-corrected chi connectivity index (χ2v) is 9.19. The number of hydrogen-bond acceptors (Lipinski definition) is 3. The lowest BCUT2D eigenvalue weighted by atomic mass is 10.0. The van der Waals surface area contributed by atoms with Gasteiger partial charge in [0.25, 0.3) is 0 Å². The molecule has 180 valence electrons.